The molecule has 1 aliphatic heterocycles. The van der Waals surface area contributed by atoms with Crippen molar-refractivity contribution in [1.29, 1.82) is 0 Å². The summed E-state index contributed by atoms with van der Waals surface area (Å²) in [4.78, 5) is 12.3. The topological polar surface area (TPSA) is 53.2 Å². The van der Waals surface area contributed by atoms with Crippen LogP contribution in [0.25, 0.3) is 0 Å². The summed E-state index contributed by atoms with van der Waals surface area (Å²) in [5.41, 5.74) is 6.84. The Bertz CT molecular complexity index is 564. The molecule has 1 atom stereocenters. The van der Waals surface area contributed by atoms with Gasteiger partial charge >= 0.3 is 6.03 Å². The van der Waals surface area contributed by atoms with Crippen molar-refractivity contribution >= 4 is 23.7 Å². The molecule has 2 amide bonds. The van der Waals surface area contributed by atoms with Crippen molar-refractivity contribution in [3.63, 3.8) is 0 Å². The van der Waals surface area contributed by atoms with Gasteiger partial charge in [0.2, 0.25) is 0 Å². The zero-order chi connectivity index (χ0) is 14.9. The molecule has 5 heteroatoms. The molecule has 1 saturated heterocycles. The average Bonchev–Trinajstić information content (AvgIpc) is 3.25. The number of benzene rings is 1. The van der Waals surface area contributed by atoms with Crippen LogP contribution in [0.1, 0.15) is 41.5 Å². The fourth-order valence-electron chi connectivity index (χ4n) is 3.97. The summed E-state index contributed by atoms with van der Waals surface area (Å²) >= 11 is 1.55. The van der Waals surface area contributed by atoms with Crippen LogP contribution in [0.15, 0.2) is 6.07 Å². The molecule has 0 aromatic heterocycles. The summed E-state index contributed by atoms with van der Waals surface area (Å²) in [6, 6.07) is 2.33. The van der Waals surface area contributed by atoms with Crippen molar-refractivity contribution in [3.05, 3.63) is 28.3 Å². The van der Waals surface area contributed by atoms with Crippen LogP contribution in [0.4, 0.5) is 10.5 Å². The molecule has 1 heterocycles. The minimum atomic E-state index is -0.0636. The van der Waals surface area contributed by atoms with Gasteiger partial charge in [0.1, 0.15) is 0 Å². The van der Waals surface area contributed by atoms with E-state index in [-0.39, 0.29) is 6.03 Å². The number of amides is 2. The first-order valence-electron chi connectivity index (χ1n) is 8.41. The minimum Gasteiger partial charge on any atom is -0.316 e. The second-order valence-corrected chi connectivity index (χ2v) is 7.63. The smallest absolute Gasteiger partial charge is 0.316 e. The maximum atomic E-state index is 12.3. The standard InChI is InChI=1S/C17H23N3OS/c21-17(20-22-13-7-8-18-10-13)19-16-14-5-1-3-11(14)9-12-4-2-6-15(12)16/h9,13,18H,1-8,10H2,(H2,19,20,21). The molecule has 4 nitrogen and oxygen atoms in total. The highest BCUT2D eigenvalue weighted by Gasteiger charge is 2.25. The van der Waals surface area contributed by atoms with E-state index in [1.165, 1.54) is 47.9 Å². The maximum Gasteiger partial charge on any atom is 0.329 e. The SMILES string of the molecule is O=C(NSC1CCNC1)Nc1c2c(cc3c1CCC3)CCC2. The van der Waals surface area contributed by atoms with Gasteiger partial charge in [0.05, 0.1) is 0 Å². The Hall–Kier alpha value is -1.20. The summed E-state index contributed by atoms with van der Waals surface area (Å²) in [5, 5.41) is 6.99. The van der Waals surface area contributed by atoms with Crippen LogP contribution in [0.3, 0.4) is 0 Å². The van der Waals surface area contributed by atoms with Gasteiger partial charge in [0.15, 0.2) is 0 Å². The zero-order valence-electron chi connectivity index (χ0n) is 12.8. The number of hydrogen-bond acceptors (Lipinski definition) is 3. The molecule has 22 heavy (non-hydrogen) atoms. The second kappa shape index (κ2) is 6.13. The molecule has 1 fully saturated rings. The van der Waals surface area contributed by atoms with E-state index >= 15 is 0 Å². The number of carbonyl (C=O) groups excluding carboxylic acids is 1. The number of urea groups is 1. The molecule has 0 spiro atoms. The van der Waals surface area contributed by atoms with E-state index in [2.05, 4.69) is 21.4 Å². The van der Waals surface area contributed by atoms with Crippen LogP contribution in [0.2, 0.25) is 0 Å². The first kappa shape index (κ1) is 14.4. The normalized spacial score (nSPS) is 22.5. The fourth-order valence-corrected chi connectivity index (χ4v) is 4.73. The lowest BCUT2D eigenvalue weighted by atomic mass is 9.99. The molecule has 1 aromatic rings. The summed E-state index contributed by atoms with van der Waals surface area (Å²) in [6.07, 6.45) is 8.12. The third-order valence-electron chi connectivity index (χ3n) is 5.04. The van der Waals surface area contributed by atoms with Gasteiger partial charge in [0, 0.05) is 17.5 Å². The largest absolute Gasteiger partial charge is 0.329 e. The predicted molar refractivity (Wildman–Crippen MR) is 91.5 cm³/mol. The lowest BCUT2D eigenvalue weighted by Gasteiger charge is -2.17. The van der Waals surface area contributed by atoms with E-state index in [0.717, 1.165) is 38.0 Å². The van der Waals surface area contributed by atoms with Crippen LogP contribution in [-0.4, -0.2) is 24.4 Å². The van der Waals surface area contributed by atoms with E-state index in [1.54, 1.807) is 11.9 Å². The van der Waals surface area contributed by atoms with Crippen LogP contribution in [0.5, 0.6) is 0 Å². The monoisotopic (exact) mass is 317 g/mol. The number of hydrogen-bond donors (Lipinski definition) is 3. The van der Waals surface area contributed by atoms with Gasteiger partial charge in [-0.25, -0.2) is 4.79 Å². The molecule has 3 aliphatic rings. The van der Waals surface area contributed by atoms with Crippen molar-refractivity contribution < 1.29 is 4.79 Å². The minimum absolute atomic E-state index is 0.0636. The first-order valence-corrected chi connectivity index (χ1v) is 9.29. The van der Waals surface area contributed by atoms with Gasteiger partial charge in [-0.3, -0.25) is 4.72 Å². The lowest BCUT2D eigenvalue weighted by molar-refractivity contribution is 0.257. The van der Waals surface area contributed by atoms with Crippen molar-refractivity contribution in [1.82, 2.24) is 10.0 Å². The molecule has 4 rings (SSSR count). The molecule has 3 N–H and O–H groups in total. The number of fused-ring (bicyclic) bond motifs is 2. The molecule has 0 radical (unpaired) electrons. The van der Waals surface area contributed by atoms with Gasteiger partial charge in [0.25, 0.3) is 0 Å². The summed E-state index contributed by atoms with van der Waals surface area (Å²) < 4.78 is 2.98. The summed E-state index contributed by atoms with van der Waals surface area (Å²) in [5.74, 6) is 0. The van der Waals surface area contributed by atoms with Gasteiger partial charge in [-0.05, 0) is 85.7 Å². The van der Waals surface area contributed by atoms with E-state index < -0.39 is 0 Å². The number of aryl methyl sites for hydroxylation is 2. The third kappa shape index (κ3) is 2.72. The third-order valence-corrected chi connectivity index (χ3v) is 6.08. The highest BCUT2D eigenvalue weighted by molar-refractivity contribution is 7.98. The lowest BCUT2D eigenvalue weighted by Crippen LogP contribution is -2.27. The predicted octanol–water partition coefficient (Wildman–Crippen LogP) is 2.80. The highest BCUT2D eigenvalue weighted by atomic mass is 32.2. The molecular weight excluding hydrogens is 294 g/mol. The summed E-state index contributed by atoms with van der Waals surface area (Å²) in [7, 11) is 0. The van der Waals surface area contributed by atoms with Crippen LogP contribution in [0, 0.1) is 0 Å². The van der Waals surface area contributed by atoms with Crippen molar-refractivity contribution in [2.24, 2.45) is 0 Å². The average molecular weight is 317 g/mol. The summed E-state index contributed by atoms with van der Waals surface area (Å²) in [6.45, 7) is 2.04. The Labute approximate surface area is 135 Å². The van der Waals surface area contributed by atoms with E-state index in [9.17, 15) is 4.79 Å². The maximum absolute atomic E-state index is 12.3. The Morgan fingerprint density at radius 2 is 1.86 bits per heavy atom. The van der Waals surface area contributed by atoms with Crippen LogP contribution >= 0.6 is 11.9 Å². The van der Waals surface area contributed by atoms with Gasteiger partial charge in [-0.15, -0.1) is 0 Å². The Balaban J connectivity index is 1.49. The van der Waals surface area contributed by atoms with Gasteiger partial charge in [-0.1, -0.05) is 6.07 Å². The Morgan fingerprint density at radius 1 is 1.14 bits per heavy atom. The van der Waals surface area contributed by atoms with E-state index in [0.29, 0.717) is 5.25 Å². The molecule has 1 aromatic carbocycles. The number of nitrogens with one attached hydrogen (secondary N) is 3. The van der Waals surface area contributed by atoms with Crippen LogP contribution < -0.4 is 15.4 Å². The highest BCUT2D eigenvalue weighted by Crippen LogP contribution is 2.38. The first-order chi connectivity index (χ1) is 10.8. The van der Waals surface area contributed by atoms with E-state index in [1.807, 2.05) is 0 Å². The van der Waals surface area contributed by atoms with Gasteiger partial charge in [-0.2, -0.15) is 0 Å². The van der Waals surface area contributed by atoms with Crippen LogP contribution in [-0.2, 0) is 25.7 Å². The molecule has 118 valence electrons. The molecule has 0 bridgehead atoms. The second-order valence-electron chi connectivity index (χ2n) is 6.52. The fraction of sp³-hybridized carbons (Fsp3) is 0.588. The molecule has 2 aliphatic carbocycles. The molecule has 0 saturated carbocycles. The number of carbonyl (C=O) groups is 1. The van der Waals surface area contributed by atoms with Gasteiger partial charge < -0.3 is 10.6 Å². The number of anilines is 1. The van der Waals surface area contributed by atoms with Crippen molar-refractivity contribution in [3.8, 4) is 0 Å². The Morgan fingerprint density at radius 3 is 2.50 bits per heavy atom. The van der Waals surface area contributed by atoms with E-state index in [4.69, 9.17) is 0 Å². The molecular formula is C17H23N3OS. The Kier molecular flexibility index (Phi) is 4.01. The number of rotatable bonds is 3. The molecule has 1 unspecified atom stereocenters. The van der Waals surface area contributed by atoms with Crippen molar-refractivity contribution in [2.45, 2.75) is 50.2 Å². The quantitative estimate of drug-likeness (QED) is 0.752. The zero-order valence-corrected chi connectivity index (χ0v) is 13.7. The van der Waals surface area contributed by atoms with Crippen molar-refractivity contribution in [2.75, 3.05) is 18.4 Å².